The van der Waals surface area contributed by atoms with E-state index in [1.165, 1.54) is 0 Å². The molecule has 0 spiro atoms. The van der Waals surface area contributed by atoms with Gasteiger partial charge in [0.1, 0.15) is 5.82 Å². The molecule has 6 nitrogen and oxygen atoms in total. The predicted molar refractivity (Wildman–Crippen MR) is 88.0 cm³/mol. The second-order valence-electron chi connectivity index (χ2n) is 5.88. The Labute approximate surface area is 135 Å². The first-order chi connectivity index (χ1) is 10.9. The number of sulfone groups is 1. The summed E-state index contributed by atoms with van der Waals surface area (Å²) in [5, 5.41) is 7.21. The molecule has 122 valence electrons. The average Bonchev–Trinajstić information content (AvgIpc) is 3.02. The lowest BCUT2D eigenvalue weighted by atomic mass is 10.1. The molecular formula is C16H19N3O3S. The van der Waals surface area contributed by atoms with Crippen molar-refractivity contribution < 1.29 is 13.2 Å². The summed E-state index contributed by atoms with van der Waals surface area (Å²) >= 11 is 0. The van der Waals surface area contributed by atoms with Crippen LogP contribution in [0.2, 0.25) is 0 Å². The molecule has 1 fully saturated rings. The van der Waals surface area contributed by atoms with Crippen LogP contribution in [0.5, 0.6) is 0 Å². The maximum absolute atomic E-state index is 12.2. The van der Waals surface area contributed by atoms with E-state index in [1.807, 2.05) is 37.3 Å². The number of carbonyl (C=O) groups excluding carboxylic acids is 1. The van der Waals surface area contributed by atoms with E-state index < -0.39 is 9.84 Å². The van der Waals surface area contributed by atoms with Crippen LogP contribution >= 0.6 is 0 Å². The van der Waals surface area contributed by atoms with E-state index in [4.69, 9.17) is 0 Å². The number of amides is 1. The molecular weight excluding hydrogens is 314 g/mol. The summed E-state index contributed by atoms with van der Waals surface area (Å²) in [7, 11) is -3.00. The van der Waals surface area contributed by atoms with Crippen molar-refractivity contribution in [2.24, 2.45) is 0 Å². The van der Waals surface area contributed by atoms with Crippen LogP contribution in [-0.2, 0) is 21.1 Å². The highest BCUT2D eigenvalue weighted by molar-refractivity contribution is 7.91. The Morgan fingerprint density at radius 1 is 1.35 bits per heavy atom. The first-order valence-electron chi connectivity index (χ1n) is 7.53. The number of nitrogens with one attached hydrogen (secondary N) is 1. The zero-order valence-electron chi connectivity index (χ0n) is 12.9. The highest BCUT2D eigenvalue weighted by atomic mass is 32.2. The summed E-state index contributed by atoms with van der Waals surface area (Å²) < 4.78 is 25.0. The number of nitrogens with zero attached hydrogens (tertiary/aromatic N) is 2. The van der Waals surface area contributed by atoms with E-state index in [9.17, 15) is 13.2 Å². The number of rotatable bonds is 4. The predicted octanol–water partition coefficient (Wildman–Crippen LogP) is 1.73. The standard InChI is InChI=1S/C16H19N3O3S/c1-12-9-15(17-16(20)10-13-5-3-2-4-6-13)19(18-12)14-7-8-23(21,22)11-14/h2-6,9,14H,7-8,10-11H2,1H3,(H,17,20)/t14-/m0/s1. The Morgan fingerprint density at radius 2 is 2.09 bits per heavy atom. The fourth-order valence-corrected chi connectivity index (χ4v) is 4.52. The van der Waals surface area contributed by atoms with Gasteiger partial charge in [-0.1, -0.05) is 30.3 Å². The summed E-state index contributed by atoms with van der Waals surface area (Å²) in [5.41, 5.74) is 1.68. The van der Waals surface area contributed by atoms with Gasteiger partial charge in [-0.25, -0.2) is 13.1 Å². The van der Waals surface area contributed by atoms with Crippen LogP contribution in [0.4, 0.5) is 5.82 Å². The van der Waals surface area contributed by atoms with Crippen molar-refractivity contribution >= 4 is 21.6 Å². The SMILES string of the molecule is Cc1cc(NC(=O)Cc2ccccc2)n([C@H]2CCS(=O)(=O)C2)n1. The van der Waals surface area contributed by atoms with E-state index in [1.54, 1.807) is 10.7 Å². The van der Waals surface area contributed by atoms with Crippen molar-refractivity contribution in [3.8, 4) is 0 Å². The molecule has 1 saturated heterocycles. The van der Waals surface area contributed by atoms with E-state index in [-0.39, 0.29) is 29.9 Å². The third-order valence-electron chi connectivity index (χ3n) is 3.89. The molecule has 3 rings (SSSR count). The van der Waals surface area contributed by atoms with Gasteiger partial charge in [-0.2, -0.15) is 5.10 Å². The summed E-state index contributed by atoms with van der Waals surface area (Å²) in [6.07, 6.45) is 0.805. The van der Waals surface area contributed by atoms with Gasteiger partial charge in [-0.15, -0.1) is 0 Å². The molecule has 1 N–H and O–H groups in total. The van der Waals surface area contributed by atoms with Crippen LogP contribution in [0.1, 0.15) is 23.7 Å². The molecule has 1 aliphatic rings. The zero-order chi connectivity index (χ0) is 16.4. The first-order valence-corrected chi connectivity index (χ1v) is 9.35. The highest BCUT2D eigenvalue weighted by Gasteiger charge is 2.31. The van der Waals surface area contributed by atoms with Crippen molar-refractivity contribution in [2.45, 2.75) is 25.8 Å². The van der Waals surface area contributed by atoms with Gasteiger partial charge in [0.15, 0.2) is 9.84 Å². The molecule has 2 aromatic rings. The maximum atomic E-state index is 12.2. The van der Waals surface area contributed by atoms with E-state index in [0.29, 0.717) is 12.2 Å². The van der Waals surface area contributed by atoms with Gasteiger partial charge in [-0.3, -0.25) is 4.79 Å². The number of aryl methyl sites for hydroxylation is 1. The summed E-state index contributed by atoms with van der Waals surface area (Å²) in [6.45, 7) is 1.83. The van der Waals surface area contributed by atoms with Crippen LogP contribution in [-0.4, -0.2) is 35.6 Å². The van der Waals surface area contributed by atoms with Crippen molar-refractivity contribution in [1.82, 2.24) is 9.78 Å². The Hall–Kier alpha value is -2.15. The largest absolute Gasteiger partial charge is 0.311 e. The van der Waals surface area contributed by atoms with E-state index in [2.05, 4.69) is 10.4 Å². The van der Waals surface area contributed by atoms with Crippen LogP contribution < -0.4 is 5.32 Å². The van der Waals surface area contributed by atoms with E-state index >= 15 is 0 Å². The minimum absolute atomic E-state index is 0.0790. The van der Waals surface area contributed by atoms with Crippen LogP contribution in [0, 0.1) is 6.92 Å². The van der Waals surface area contributed by atoms with Gasteiger partial charge in [0.2, 0.25) is 5.91 Å². The third kappa shape index (κ3) is 3.79. The average molecular weight is 333 g/mol. The molecule has 7 heteroatoms. The Bertz CT molecular complexity index is 812. The zero-order valence-corrected chi connectivity index (χ0v) is 13.7. The molecule has 0 radical (unpaired) electrons. The number of carbonyl (C=O) groups is 1. The summed E-state index contributed by atoms with van der Waals surface area (Å²) in [4.78, 5) is 12.2. The number of hydrogen-bond acceptors (Lipinski definition) is 4. The first kappa shape index (κ1) is 15.7. The van der Waals surface area contributed by atoms with Gasteiger partial charge >= 0.3 is 0 Å². The van der Waals surface area contributed by atoms with Crippen molar-refractivity contribution in [2.75, 3.05) is 16.8 Å². The minimum Gasteiger partial charge on any atom is -0.311 e. The number of aromatic nitrogens is 2. The highest BCUT2D eigenvalue weighted by Crippen LogP contribution is 2.27. The maximum Gasteiger partial charge on any atom is 0.229 e. The second kappa shape index (κ2) is 6.16. The minimum atomic E-state index is -3.00. The second-order valence-corrected chi connectivity index (χ2v) is 8.11. The fourth-order valence-electron chi connectivity index (χ4n) is 2.82. The monoisotopic (exact) mass is 333 g/mol. The molecule has 1 aliphatic heterocycles. The van der Waals surface area contributed by atoms with Crippen molar-refractivity contribution in [3.63, 3.8) is 0 Å². The molecule has 0 bridgehead atoms. The van der Waals surface area contributed by atoms with Gasteiger partial charge in [0.05, 0.1) is 29.7 Å². The lowest BCUT2D eigenvalue weighted by Crippen LogP contribution is -2.20. The quantitative estimate of drug-likeness (QED) is 0.924. The Morgan fingerprint density at radius 3 is 2.74 bits per heavy atom. The third-order valence-corrected chi connectivity index (χ3v) is 5.64. The topological polar surface area (TPSA) is 81.1 Å². The molecule has 1 aromatic heterocycles. The molecule has 0 aliphatic carbocycles. The number of hydrogen-bond donors (Lipinski definition) is 1. The normalized spacial score (nSPS) is 19.6. The molecule has 1 amide bonds. The molecule has 1 atom stereocenters. The lowest BCUT2D eigenvalue weighted by molar-refractivity contribution is -0.115. The summed E-state index contributed by atoms with van der Waals surface area (Å²) in [5.74, 6) is 0.674. The van der Waals surface area contributed by atoms with Gasteiger partial charge in [0, 0.05) is 6.07 Å². The van der Waals surface area contributed by atoms with Crippen LogP contribution in [0.25, 0.3) is 0 Å². The van der Waals surface area contributed by atoms with Crippen LogP contribution in [0.3, 0.4) is 0 Å². The molecule has 0 unspecified atom stereocenters. The van der Waals surface area contributed by atoms with Gasteiger partial charge in [-0.05, 0) is 18.9 Å². The number of benzene rings is 1. The molecule has 23 heavy (non-hydrogen) atoms. The summed E-state index contributed by atoms with van der Waals surface area (Å²) in [6, 6.07) is 11.0. The Kier molecular flexibility index (Phi) is 4.21. The van der Waals surface area contributed by atoms with Gasteiger partial charge < -0.3 is 5.32 Å². The van der Waals surface area contributed by atoms with Crippen molar-refractivity contribution in [3.05, 3.63) is 47.7 Å². The Balaban J connectivity index is 1.74. The molecule has 2 heterocycles. The fraction of sp³-hybridized carbons (Fsp3) is 0.375. The van der Waals surface area contributed by atoms with Crippen LogP contribution in [0.15, 0.2) is 36.4 Å². The molecule has 0 saturated carbocycles. The lowest BCUT2D eigenvalue weighted by Gasteiger charge is -2.13. The number of anilines is 1. The van der Waals surface area contributed by atoms with Gasteiger partial charge in [0.25, 0.3) is 0 Å². The van der Waals surface area contributed by atoms with E-state index in [0.717, 1.165) is 11.3 Å². The molecule has 1 aromatic carbocycles. The van der Waals surface area contributed by atoms with Crippen molar-refractivity contribution in [1.29, 1.82) is 0 Å². The smallest absolute Gasteiger partial charge is 0.229 e.